The fraction of sp³-hybridized carbons (Fsp3) is 0.667. The van der Waals surface area contributed by atoms with E-state index in [1.165, 1.54) is 19.5 Å². The zero-order chi connectivity index (χ0) is 14.7. The number of rotatable bonds is 5. The van der Waals surface area contributed by atoms with Crippen LogP contribution >= 0.6 is 0 Å². The van der Waals surface area contributed by atoms with Crippen molar-refractivity contribution in [3.8, 4) is 0 Å². The number of nitrogens with one attached hydrogen (secondary N) is 2. The van der Waals surface area contributed by atoms with E-state index in [0.29, 0.717) is 5.65 Å². The zero-order valence-corrected chi connectivity index (χ0v) is 12.8. The highest BCUT2D eigenvalue weighted by molar-refractivity contribution is 5.81. The lowest BCUT2D eigenvalue weighted by atomic mass is 9.92. The number of nitrogens with zero attached hydrogens (tertiary/aromatic N) is 4. The summed E-state index contributed by atoms with van der Waals surface area (Å²) in [7, 11) is 0. The molecule has 2 N–H and O–H groups in total. The molecule has 6 heteroatoms. The van der Waals surface area contributed by atoms with Gasteiger partial charge in [0, 0.05) is 19.6 Å². The molecule has 0 aliphatic carbocycles. The zero-order valence-electron chi connectivity index (χ0n) is 12.8. The molecule has 0 amide bonds. The fourth-order valence-corrected chi connectivity index (χ4v) is 3.38. The van der Waals surface area contributed by atoms with Gasteiger partial charge in [-0.15, -0.1) is 0 Å². The van der Waals surface area contributed by atoms with Crippen LogP contribution in [0.4, 0.5) is 5.82 Å². The number of H-pyrrole nitrogens is 1. The Labute approximate surface area is 125 Å². The van der Waals surface area contributed by atoms with Crippen molar-refractivity contribution in [2.24, 2.45) is 11.8 Å². The first kappa shape index (κ1) is 14.3. The number of hydrogen-bond donors (Lipinski definition) is 2. The molecule has 2 aromatic heterocycles. The second-order valence-corrected chi connectivity index (χ2v) is 6.31. The highest BCUT2D eigenvalue weighted by atomic mass is 15.1. The average Bonchev–Trinajstić information content (AvgIpc) is 2.91. The Balaban J connectivity index is 1.47. The number of piperidine rings is 1. The molecule has 2 atom stereocenters. The standard InChI is InChI=1S/C15H24N6/c1-11-6-12(2)8-21(7-11)5-3-4-16-14-13-15(18-9-17-13)20-10-19-14/h9-12H,3-8H2,1-2H3,(H2,16,17,18,19,20)/t11-,12-/m0/s1. The second-order valence-electron chi connectivity index (χ2n) is 6.31. The minimum Gasteiger partial charge on any atom is -0.368 e. The SMILES string of the molecule is C[C@H]1C[C@H](C)CN(CCCNc2ncnc3nc[nH]c23)C1. The van der Waals surface area contributed by atoms with Gasteiger partial charge in [0.25, 0.3) is 0 Å². The Morgan fingerprint density at radius 1 is 1.24 bits per heavy atom. The Bertz CT molecular complexity index is 570. The molecular weight excluding hydrogens is 264 g/mol. The number of anilines is 1. The van der Waals surface area contributed by atoms with Crippen LogP contribution in [0.2, 0.25) is 0 Å². The minimum atomic E-state index is 0.714. The first-order chi connectivity index (χ1) is 10.2. The first-order valence-corrected chi connectivity index (χ1v) is 7.82. The largest absolute Gasteiger partial charge is 0.368 e. The van der Waals surface area contributed by atoms with Gasteiger partial charge < -0.3 is 15.2 Å². The monoisotopic (exact) mass is 288 g/mol. The van der Waals surface area contributed by atoms with Crippen molar-refractivity contribution in [1.82, 2.24) is 24.8 Å². The van der Waals surface area contributed by atoms with Crippen molar-refractivity contribution in [3.05, 3.63) is 12.7 Å². The lowest BCUT2D eigenvalue weighted by molar-refractivity contribution is 0.141. The number of imidazole rings is 1. The summed E-state index contributed by atoms with van der Waals surface area (Å²) in [6.45, 7) is 9.27. The quantitative estimate of drug-likeness (QED) is 0.825. The van der Waals surface area contributed by atoms with Crippen molar-refractivity contribution in [2.45, 2.75) is 26.7 Å². The van der Waals surface area contributed by atoms with Crippen LogP contribution < -0.4 is 5.32 Å². The molecule has 6 nitrogen and oxygen atoms in total. The Morgan fingerprint density at radius 3 is 2.86 bits per heavy atom. The van der Waals surface area contributed by atoms with Crippen LogP contribution in [0, 0.1) is 11.8 Å². The van der Waals surface area contributed by atoms with Crippen molar-refractivity contribution < 1.29 is 0 Å². The molecule has 0 saturated carbocycles. The molecule has 1 saturated heterocycles. The third kappa shape index (κ3) is 3.50. The van der Waals surface area contributed by atoms with Crippen LogP contribution in [0.15, 0.2) is 12.7 Å². The van der Waals surface area contributed by atoms with Crippen LogP contribution in [0.25, 0.3) is 11.2 Å². The Kier molecular flexibility index (Phi) is 4.34. The van der Waals surface area contributed by atoms with Crippen molar-refractivity contribution >= 4 is 17.0 Å². The topological polar surface area (TPSA) is 69.7 Å². The maximum Gasteiger partial charge on any atom is 0.182 e. The van der Waals surface area contributed by atoms with E-state index in [2.05, 4.69) is 44.0 Å². The van der Waals surface area contributed by atoms with Crippen LogP contribution in [0.1, 0.15) is 26.7 Å². The van der Waals surface area contributed by atoms with Gasteiger partial charge in [-0.25, -0.2) is 15.0 Å². The molecule has 0 unspecified atom stereocenters. The fourth-order valence-electron chi connectivity index (χ4n) is 3.38. The van der Waals surface area contributed by atoms with Gasteiger partial charge in [0.2, 0.25) is 0 Å². The molecule has 2 aromatic rings. The summed E-state index contributed by atoms with van der Waals surface area (Å²) in [4.78, 5) is 18.2. The predicted octanol–water partition coefficient (Wildman–Crippen LogP) is 2.13. The van der Waals surface area contributed by atoms with Gasteiger partial charge in [0.15, 0.2) is 11.5 Å². The van der Waals surface area contributed by atoms with Crippen molar-refractivity contribution in [3.63, 3.8) is 0 Å². The molecule has 1 aliphatic rings. The summed E-state index contributed by atoms with van der Waals surface area (Å²) >= 11 is 0. The third-order valence-electron chi connectivity index (χ3n) is 4.11. The molecule has 21 heavy (non-hydrogen) atoms. The number of aromatic amines is 1. The molecule has 0 aromatic carbocycles. The van der Waals surface area contributed by atoms with Gasteiger partial charge in [-0.05, 0) is 31.2 Å². The van der Waals surface area contributed by atoms with Crippen LogP contribution in [0.3, 0.4) is 0 Å². The first-order valence-electron chi connectivity index (χ1n) is 7.82. The van der Waals surface area contributed by atoms with E-state index in [4.69, 9.17) is 0 Å². The summed E-state index contributed by atoms with van der Waals surface area (Å²) in [6, 6.07) is 0. The molecular formula is C15H24N6. The van der Waals surface area contributed by atoms with Gasteiger partial charge in [-0.3, -0.25) is 0 Å². The van der Waals surface area contributed by atoms with E-state index in [1.807, 2.05) is 0 Å². The minimum absolute atomic E-state index is 0.714. The highest BCUT2D eigenvalue weighted by Crippen LogP contribution is 2.21. The van der Waals surface area contributed by atoms with E-state index in [9.17, 15) is 0 Å². The van der Waals surface area contributed by atoms with Crippen molar-refractivity contribution in [2.75, 3.05) is 31.5 Å². The van der Waals surface area contributed by atoms with Gasteiger partial charge in [0.05, 0.1) is 6.33 Å². The van der Waals surface area contributed by atoms with Crippen LogP contribution in [-0.2, 0) is 0 Å². The van der Waals surface area contributed by atoms with E-state index >= 15 is 0 Å². The van der Waals surface area contributed by atoms with Gasteiger partial charge in [-0.1, -0.05) is 13.8 Å². The molecule has 1 aliphatic heterocycles. The molecule has 3 rings (SSSR count). The number of fused-ring (bicyclic) bond motifs is 1. The number of aromatic nitrogens is 4. The second kappa shape index (κ2) is 6.39. The van der Waals surface area contributed by atoms with E-state index in [-0.39, 0.29) is 0 Å². The lowest BCUT2D eigenvalue weighted by Crippen LogP contribution is -2.39. The summed E-state index contributed by atoms with van der Waals surface area (Å²) in [5.74, 6) is 2.50. The molecule has 0 bridgehead atoms. The Hall–Kier alpha value is -1.69. The highest BCUT2D eigenvalue weighted by Gasteiger charge is 2.20. The number of likely N-dealkylation sites (tertiary alicyclic amines) is 1. The molecule has 114 valence electrons. The molecule has 1 fully saturated rings. The molecule has 3 heterocycles. The smallest absolute Gasteiger partial charge is 0.182 e. The lowest BCUT2D eigenvalue weighted by Gasteiger charge is -2.34. The van der Waals surface area contributed by atoms with Gasteiger partial charge in [0.1, 0.15) is 11.8 Å². The van der Waals surface area contributed by atoms with Crippen LogP contribution in [-0.4, -0.2) is 51.0 Å². The molecule has 0 radical (unpaired) electrons. The van der Waals surface area contributed by atoms with Gasteiger partial charge in [-0.2, -0.15) is 0 Å². The maximum absolute atomic E-state index is 4.28. The van der Waals surface area contributed by atoms with Crippen molar-refractivity contribution in [1.29, 1.82) is 0 Å². The van der Waals surface area contributed by atoms with E-state index in [1.54, 1.807) is 12.7 Å². The summed E-state index contributed by atoms with van der Waals surface area (Å²) in [6.07, 6.45) is 5.70. The Morgan fingerprint density at radius 2 is 2.05 bits per heavy atom. The average molecular weight is 288 g/mol. The summed E-state index contributed by atoms with van der Waals surface area (Å²) in [5, 5.41) is 3.39. The van der Waals surface area contributed by atoms with Gasteiger partial charge >= 0.3 is 0 Å². The predicted molar refractivity (Wildman–Crippen MR) is 84.2 cm³/mol. The summed E-state index contributed by atoms with van der Waals surface area (Å²) in [5.41, 5.74) is 1.60. The maximum atomic E-state index is 4.28. The number of hydrogen-bond acceptors (Lipinski definition) is 5. The third-order valence-corrected chi connectivity index (χ3v) is 4.11. The van der Waals surface area contributed by atoms with E-state index < -0.39 is 0 Å². The molecule has 0 spiro atoms. The van der Waals surface area contributed by atoms with Crippen LogP contribution in [0.5, 0.6) is 0 Å². The van der Waals surface area contributed by atoms with E-state index in [0.717, 1.165) is 42.7 Å². The normalized spacial score (nSPS) is 23.5. The summed E-state index contributed by atoms with van der Waals surface area (Å²) < 4.78 is 0.